The third-order valence-electron chi connectivity index (χ3n) is 4.41. The van der Waals surface area contributed by atoms with Crippen LogP contribution in [0.4, 0.5) is 0 Å². The molecule has 0 aromatic heterocycles. The van der Waals surface area contributed by atoms with Gasteiger partial charge in [0, 0.05) is 32.7 Å². The van der Waals surface area contributed by atoms with Crippen molar-refractivity contribution in [3.05, 3.63) is 0 Å². The first kappa shape index (κ1) is 18.5. The molecular weight excluding hydrogens is 306 g/mol. The van der Waals surface area contributed by atoms with Gasteiger partial charge in [0.15, 0.2) is 5.96 Å². The number of hydrogen-bond donors (Lipinski definition) is 1. The quantitative estimate of drug-likeness (QED) is 0.600. The summed E-state index contributed by atoms with van der Waals surface area (Å²) >= 11 is 0. The molecule has 24 heavy (non-hydrogen) atoms. The van der Waals surface area contributed by atoms with Crippen molar-refractivity contribution >= 4 is 17.8 Å². The second-order valence-electron chi connectivity index (χ2n) is 7.87. The number of amides is 2. The maximum absolute atomic E-state index is 12.6. The molecule has 7 nitrogen and oxygen atoms in total. The summed E-state index contributed by atoms with van der Waals surface area (Å²) in [5, 5.41) is 3.39. The number of carbonyl (C=O) groups is 2. The number of rotatable bonds is 4. The van der Waals surface area contributed by atoms with Crippen molar-refractivity contribution in [1.82, 2.24) is 20.0 Å². The van der Waals surface area contributed by atoms with Crippen molar-refractivity contribution in [2.75, 3.05) is 33.7 Å². The van der Waals surface area contributed by atoms with E-state index in [1.165, 1.54) is 4.90 Å². The monoisotopic (exact) mass is 337 g/mol. The number of aliphatic imine (C=N–C) groups is 1. The average molecular weight is 337 g/mol. The van der Waals surface area contributed by atoms with E-state index >= 15 is 0 Å². The fourth-order valence-electron chi connectivity index (χ4n) is 3.24. The van der Waals surface area contributed by atoms with Gasteiger partial charge in [0.25, 0.3) is 0 Å². The molecule has 2 aliphatic rings. The van der Waals surface area contributed by atoms with Gasteiger partial charge in [0.05, 0.1) is 12.1 Å². The van der Waals surface area contributed by atoms with E-state index in [-0.39, 0.29) is 29.9 Å². The highest BCUT2D eigenvalue weighted by Crippen LogP contribution is 2.25. The summed E-state index contributed by atoms with van der Waals surface area (Å²) in [6.07, 6.45) is 2.23. The Morgan fingerprint density at radius 1 is 1.38 bits per heavy atom. The van der Waals surface area contributed by atoms with E-state index in [1.54, 1.807) is 14.1 Å². The van der Waals surface area contributed by atoms with E-state index in [9.17, 15) is 9.59 Å². The molecule has 0 aromatic rings. The van der Waals surface area contributed by atoms with Crippen LogP contribution in [-0.4, -0.2) is 83.8 Å². The minimum absolute atomic E-state index is 0.0449. The van der Waals surface area contributed by atoms with Crippen molar-refractivity contribution < 1.29 is 9.59 Å². The smallest absolute Gasteiger partial charge is 0.243 e. The number of likely N-dealkylation sites (N-methyl/N-ethyl adjacent to an activating group) is 1. The van der Waals surface area contributed by atoms with Crippen molar-refractivity contribution in [2.24, 2.45) is 4.99 Å². The highest BCUT2D eigenvalue weighted by atomic mass is 16.2. The Balaban J connectivity index is 2.16. The maximum atomic E-state index is 12.6. The first-order chi connectivity index (χ1) is 11.1. The van der Waals surface area contributed by atoms with Crippen LogP contribution in [-0.2, 0) is 9.59 Å². The van der Waals surface area contributed by atoms with Crippen LogP contribution in [0.15, 0.2) is 4.99 Å². The number of nitrogens with zero attached hydrogens (tertiary/aromatic N) is 4. The number of hydrogen-bond acceptors (Lipinski definition) is 3. The molecule has 1 aliphatic heterocycles. The molecule has 2 fully saturated rings. The van der Waals surface area contributed by atoms with Crippen molar-refractivity contribution in [3.8, 4) is 0 Å². The molecule has 1 heterocycles. The molecule has 2 rings (SSSR count). The summed E-state index contributed by atoms with van der Waals surface area (Å²) in [6.45, 7) is 9.35. The summed E-state index contributed by atoms with van der Waals surface area (Å²) in [5.74, 6) is 0.736. The molecule has 136 valence electrons. The SMILES string of the molecule is CC(C)N1C(=O)CN(C(=NCC(=O)N(C)C)NC2CC2)CC1(C)C. The molecule has 1 saturated carbocycles. The van der Waals surface area contributed by atoms with E-state index in [0.717, 1.165) is 12.8 Å². The normalized spacial score (nSPS) is 21.3. The molecule has 0 bridgehead atoms. The fourth-order valence-corrected chi connectivity index (χ4v) is 3.24. The Kier molecular flexibility index (Phi) is 5.40. The number of nitrogens with one attached hydrogen (secondary N) is 1. The molecule has 0 spiro atoms. The van der Waals surface area contributed by atoms with E-state index in [1.807, 2.05) is 23.6 Å². The van der Waals surface area contributed by atoms with Gasteiger partial charge in [0.2, 0.25) is 11.8 Å². The lowest BCUT2D eigenvalue weighted by molar-refractivity contribution is -0.145. The van der Waals surface area contributed by atoms with Crippen molar-refractivity contribution in [3.63, 3.8) is 0 Å². The van der Waals surface area contributed by atoms with Crippen molar-refractivity contribution in [2.45, 2.75) is 58.2 Å². The van der Waals surface area contributed by atoms with Crippen LogP contribution < -0.4 is 5.32 Å². The largest absolute Gasteiger partial charge is 0.353 e. The molecule has 1 saturated heterocycles. The Morgan fingerprint density at radius 3 is 2.46 bits per heavy atom. The lowest BCUT2D eigenvalue weighted by Gasteiger charge is -2.49. The first-order valence-corrected chi connectivity index (χ1v) is 8.70. The second-order valence-corrected chi connectivity index (χ2v) is 7.87. The zero-order valence-corrected chi connectivity index (χ0v) is 15.8. The Hall–Kier alpha value is -1.79. The molecule has 0 aromatic carbocycles. The molecule has 1 N–H and O–H groups in total. The minimum Gasteiger partial charge on any atom is -0.353 e. The van der Waals surface area contributed by atoms with Crippen LogP contribution in [0.2, 0.25) is 0 Å². The van der Waals surface area contributed by atoms with Crippen LogP contribution in [0.3, 0.4) is 0 Å². The predicted octanol–water partition coefficient (Wildman–Crippen LogP) is 0.514. The molecular formula is C17H31N5O2. The third kappa shape index (κ3) is 4.39. The van der Waals surface area contributed by atoms with Gasteiger partial charge >= 0.3 is 0 Å². The highest BCUT2D eigenvalue weighted by molar-refractivity contribution is 5.90. The van der Waals surface area contributed by atoms with E-state index in [2.05, 4.69) is 24.2 Å². The van der Waals surface area contributed by atoms with Crippen LogP contribution >= 0.6 is 0 Å². The fraction of sp³-hybridized carbons (Fsp3) is 0.824. The third-order valence-corrected chi connectivity index (χ3v) is 4.41. The molecule has 2 amide bonds. The topological polar surface area (TPSA) is 68.2 Å². The van der Waals surface area contributed by atoms with Crippen LogP contribution in [0.25, 0.3) is 0 Å². The Labute approximate surface area is 145 Å². The standard InChI is InChI=1S/C17H31N5O2/c1-12(2)22-15(24)10-21(11-17(22,3)4)16(19-13-7-8-13)18-9-14(23)20(5)6/h12-13H,7-11H2,1-6H3,(H,18,19). The van der Waals surface area contributed by atoms with E-state index in [4.69, 9.17) is 0 Å². The van der Waals surface area contributed by atoms with Gasteiger partial charge in [-0.2, -0.15) is 0 Å². The average Bonchev–Trinajstić information content (AvgIpc) is 3.24. The van der Waals surface area contributed by atoms with Gasteiger partial charge < -0.3 is 20.0 Å². The molecule has 0 unspecified atom stereocenters. The first-order valence-electron chi connectivity index (χ1n) is 8.70. The Bertz CT molecular complexity index is 523. The van der Waals surface area contributed by atoms with Gasteiger partial charge in [-0.3, -0.25) is 9.59 Å². The van der Waals surface area contributed by atoms with Crippen LogP contribution in [0.5, 0.6) is 0 Å². The minimum atomic E-state index is -0.277. The van der Waals surface area contributed by atoms with E-state index < -0.39 is 0 Å². The Morgan fingerprint density at radius 2 is 2.00 bits per heavy atom. The van der Waals surface area contributed by atoms with Gasteiger partial charge in [-0.1, -0.05) is 0 Å². The predicted molar refractivity (Wildman–Crippen MR) is 94.8 cm³/mol. The summed E-state index contributed by atoms with van der Waals surface area (Å²) < 4.78 is 0. The van der Waals surface area contributed by atoms with Gasteiger partial charge in [-0.15, -0.1) is 0 Å². The zero-order valence-electron chi connectivity index (χ0n) is 15.8. The maximum Gasteiger partial charge on any atom is 0.243 e. The molecule has 0 atom stereocenters. The number of carbonyl (C=O) groups excluding carboxylic acids is 2. The van der Waals surface area contributed by atoms with Gasteiger partial charge in [0.1, 0.15) is 6.54 Å². The molecule has 0 radical (unpaired) electrons. The summed E-state index contributed by atoms with van der Waals surface area (Å²) in [6, 6.07) is 0.585. The summed E-state index contributed by atoms with van der Waals surface area (Å²) in [5.41, 5.74) is -0.277. The highest BCUT2D eigenvalue weighted by Gasteiger charge is 2.41. The number of guanidine groups is 1. The van der Waals surface area contributed by atoms with Gasteiger partial charge in [-0.25, -0.2) is 4.99 Å². The van der Waals surface area contributed by atoms with Crippen LogP contribution in [0.1, 0.15) is 40.5 Å². The summed E-state index contributed by atoms with van der Waals surface area (Å²) in [4.78, 5) is 34.5. The van der Waals surface area contributed by atoms with Gasteiger partial charge in [-0.05, 0) is 40.5 Å². The zero-order chi connectivity index (χ0) is 18.1. The van der Waals surface area contributed by atoms with E-state index in [0.29, 0.717) is 25.1 Å². The van der Waals surface area contributed by atoms with Crippen LogP contribution in [0, 0.1) is 0 Å². The lowest BCUT2D eigenvalue weighted by atomic mass is 9.96. The molecule has 7 heteroatoms. The lowest BCUT2D eigenvalue weighted by Crippen LogP contribution is -2.66. The van der Waals surface area contributed by atoms with Crippen molar-refractivity contribution in [1.29, 1.82) is 0 Å². The number of piperazine rings is 1. The summed E-state index contributed by atoms with van der Waals surface area (Å²) in [7, 11) is 3.44. The molecule has 1 aliphatic carbocycles. The second kappa shape index (κ2) is 6.99.